The summed E-state index contributed by atoms with van der Waals surface area (Å²) in [6.07, 6.45) is 2.24. The molecule has 0 unspecified atom stereocenters. The number of ether oxygens (including phenoxy) is 1. The first kappa shape index (κ1) is 15.8. The summed E-state index contributed by atoms with van der Waals surface area (Å²) in [7, 11) is 0. The zero-order valence-electron chi connectivity index (χ0n) is 13.3. The van der Waals surface area contributed by atoms with Gasteiger partial charge >= 0.3 is 0 Å². The lowest BCUT2D eigenvalue weighted by atomic mass is 10.1. The summed E-state index contributed by atoms with van der Waals surface area (Å²) < 4.78 is 8.03. The molecule has 0 radical (unpaired) electrons. The van der Waals surface area contributed by atoms with Gasteiger partial charge in [0.05, 0.1) is 6.61 Å². The maximum Gasteiger partial charge on any atom is 0.190 e. The first-order valence-corrected chi connectivity index (χ1v) is 8.52. The zero-order chi connectivity index (χ0) is 15.2. The van der Waals surface area contributed by atoms with Crippen LogP contribution in [0.25, 0.3) is 0 Å². The van der Waals surface area contributed by atoms with E-state index in [0.29, 0.717) is 12.6 Å². The number of rotatable bonds is 6. The molecule has 0 bridgehead atoms. The summed E-state index contributed by atoms with van der Waals surface area (Å²) in [5.41, 5.74) is 2.18. The monoisotopic (exact) mass is 304 g/mol. The fourth-order valence-electron chi connectivity index (χ4n) is 2.51. The molecule has 0 N–H and O–H groups in total. The smallest absolute Gasteiger partial charge is 0.190 e. The van der Waals surface area contributed by atoms with Gasteiger partial charge in [-0.25, -0.2) is 4.99 Å². The molecular weight excluding hydrogens is 280 g/mol. The SMILES string of the molecule is CCOc1ccccc1N=c1scc(C)n1C(CC)CC. The highest BCUT2D eigenvalue weighted by Crippen LogP contribution is 2.27. The zero-order valence-corrected chi connectivity index (χ0v) is 14.1. The number of hydrogen-bond acceptors (Lipinski definition) is 3. The molecule has 2 rings (SSSR count). The van der Waals surface area contributed by atoms with E-state index in [4.69, 9.17) is 9.73 Å². The minimum atomic E-state index is 0.509. The predicted octanol–water partition coefficient (Wildman–Crippen LogP) is 4.85. The number of nitrogens with zero attached hydrogens (tertiary/aromatic N) is 2. The molecule has 0 saturated carbocycles. The van der Waals surface area contributed by atoms with E-state index in [1.165, 1.54) is 5.69 Å². The van der Waals surface area contributed by atoms with E-state index in [9.17, 15) is 0 Å². The molecule has 4 heteroatoms. The van der Waals surface area contributed by atoms with E-state index in [1.54, 1.807) is 11.3 Å². The van der Waals surface area contributed by atoms with Crippen LogP contribution in [0.4, 0.5) is 5.69 Å². The molecule has 0 atom stereocenters. The number of benzene rings is 1. The Balaban J connectivity index is 2.52. The van der Waals surface area contributed by atoms with E-state index >= 15 is 0 Å². The highest BCUT2D eigenvalue weighted by molar-refractivity contribution is 7.07. The normalized spacial score (nSPS) is 12.1. The molecular formula is C17H24N2OS. The summed E-state index contributed by atoms with van der Waals surface area (Å²) in [5, 5.41) is 2.18. The average Bonchev–Trinajstić information content (AvgIpc) is 2.85. The van der Waals surface area contributed by atoms with Gasteiger partial charge in [0.25, 0.3) is 0 Å². The molecule has 21 heavy (non-hydrogen) atoms. The van der Waals surface area contributed by atoms with Crippen molar-refractivity contribution in [1.29, 1.82) is 0 Å². The Morgan fingerprint density at radius 2 is 1.90 bits per heavy atom. The van der Waals surface area contributed by atoms with Crippen molar-refractivity contribution in [2.75, 3.05) is 6.61 Å². The first-order chi connectivity index (χ1) is 10.2. The van der Waals surface area contributed by atoms with Crippen LogP contribution >= 0.6 is 11.3 Å². The van der Waals surface area contributed by atoms with Crippen molar-refractivity contribution in [3.05, 3.63) is 40.1 Å². The van der Waals surface area contributed by atoms with Crippen LogP contribution < -0.4 is 9.54 Å². The van der Waals surface area contributed by atoms with E-state index in [1.807, 2.05) is 31.2 Å². The van der Waals surface area contributed by atoms with Crippen molar-refractivity contribution in [3.8, 4) is 5.75 Å². The molecule has 0 aliphatic carbocycles. The fourth-order valence-corrected chi connectivity index (χ4v) is 3.46. The van der Waals surface area contributed by atoms with E-state index in [0.717, 1.165) is 29.1 Å². The van der Waals surface area contributed by atoms with Crippen LogP contribution in [-0.2, 0) is 0 Å². The summed E-state index contributed by atoms with van der Waals surface area (Å²) in [6.45, 7) is 9.27. The van der Waals surface area contributed by atoms with Crippen molar-refractivity contribution in [1.82, 2.24) is 4.57 Å². The summed E-state index contributed by atoms with van der Waals surface area (Å²) >= 11 is 1.70. The molecule has 1 aromatic heterocycles. The lowest BCUT2D eigenvalue weighted by Crippen LogP contribution is -2.21. The van der Waals surface area contributed by atoms with Crippen molar-refractivity contribution in [2.24, 2.45) is 4.99 Å². The van der Waals surface area contributed by atoms with Gasteiger partial charge in [-0.05, 0) is 38.8 Å². The third-order valence-corrected chi connectivity index (χ3v) is 4.57. The maximum atomic E-state index is 5.67. The molecule has 0 fully saturated rings. The maximum absolute atomic E-state index is 5.67. The largest absolute Gasteiger partial charge is 0.492 e. The Morgan fingerprint density at radius 3 is 2.57 bits per heavy atom. The fraction of sp³-hybridized carbons (Fsp3) is 0.471. The molecule has 0 saturated heterocycles. The molecule has 3 nitrogen and oxygen atoms in total. The van der Waals surface area contributed by atoms with Crippen molar-refractivity contribution in [2.45, 2.75) is 46.6 Å². The van der Waals surface area contributed by atoms with Gasteiger partial charge in [0.15, 0.2) is 4.80 Å². The van der Waals surface area contributed by atoms with Crippen LogP contribution in [0, 0.1) is 6.92 Å². The van der Waals surface area contributed by atoms with Crippen LogP contribution in [0.3, 0.4) is 0 Å². The van der Waals surface area contributed by atoms with E-state index < -0.39 is 0 Å². The van der Waals surface area contributed by atoms with Crippen molar-refractivity contribution >= 4 is 17.0 Å². The van der Waals surface area contributed by atoms with E-state index in [2.05, 4.69) is 30.7 Å². The predicted molar refractivity (Wildman–Crippen MR) is 89.5 cm³/mol. The molecule has 1 heterocycles. The van der Waals surface area contributed by atoms with Crippen LogP contribution in [0.5, 0.6) is 5.75 Å². The standard InChI is InChI=1S/C17H24N2OS/c1-5-14(6-2)19-13(4)12-21-17(19)18-15-10-8-9-11-16(15)20-7-3/h8-12,14H,5-7H2,1-4H3. The van der Waals surface area contributed by atoms with E-state index in [-0.39, 0.29) is 0 Å². The molecule has 0 spiro atoms. The Hall–Kier alpha value is -1.55. The molecule has 0 aliphatic rings. The highest BCUT2D eigenvalue weighted by atomic mass is 32.1. The lowest BCUT2D eigenvalue weighted by Gasteiger charge is -2.16. The summed E-state index contributed by atoms with van der Waals surface area (Å²) in [6, 6.07) is 8.48. The van der Waals surface area contributed by atoms with Gasteiger partial charge in [-0.1, -0.05) is 26.0 Å². The number of hydrogen-bond donors (Lipinski definition) is 0. The number of para-hydroxylation sites is 2. The molecule has 1 aromatic carbocycles. The van der Waals surface area contributed by atoms with Crippen molar-refractivity contribution < 1.29 is 4.74 Å². The third-order valence-electron chi connectivity index (χ3n) is 3.61. The minimum absolute atomic E-state index is 0.509. The van der Waals surface area contributed by atoms with Crippen LogP contribution in [0.2, 0.25) is 0 Å². The second kappa shape index (κ2) is 7.46. The Morgan fingerprint density at radius 1 is 1.19 bits per heavy atom. The van der Waals surface area contributed by atoms with Crippen LogP contribution in [0.1, 0.15) is 45.3 Å². The topological polar surface area (TPSA) is 26.5 Å². The molecule has 114 valence electrons. The van der Waals surface area contributed by atoms with Gasteiger partial charge in [0, 0.05) is 17.1 Å². The quantitative estimate of drug-likeness (QED) is 0.749. The summed E-state index contributed by atoms with van der Waals surface area (Å²) in [5.74, 6) is 0.849. The second-order valence-corrected chi connectivity index (χ2v) is 5.85. The molecule has 0 amide bonds. The molecule has 0 aliphatic heterocycles. The first-order valence-electron chi connectivity index (χ1n) is 7.64. The van der Waals surface area contributed by atoms with Gasteiger partial charge in [0.1, 0.15) is 11.4 Å². The average molecular weight is 304 g/mol. The van der Waals surface area contributed by atoms with Gasteiger partial charge < -0.3 is 9.30 Å². The van der Waals surface area contributed by atoms with Crippen molar-refractivity contribution in [3.63, 3.8) is 0 Å². The third kappa shape index (κ3) is 3.56. The number of aryl methyl sites for hydroxylation is 1. The number of aromatic nitrogens is 1. The van der Waals surface area contributed by atoms with Crippen LogP contribution in [-0.4, -0.2) is 11.2 Å². The second-order valence-electron chi connectivity index (χ2n) is 5.01. The van der Waals surface area contributed by atoms with Crippen LogP contribution in [0.15, 0.2) is 34.6 Å². The molecule has 2 aromatic rings. The number of thiazole rings is 1. The Labute approximate surface area is 130 Å². The minimum Gasteiger partial charge on any atom is -0.492 e. The van der Waals surface area contributed by atoms with Gasteiger partial charge in [0.2, 0.25) is 0 Å². The van der Waals surface area contributed by atoms with Gasteiger partial charge in [-0.3, -0.25) is 0 Å². The summed E-state index contributed by atoms with van der Waals surface area (Å²) in [4.78, 5) is 5.90. The Bertz CT molecular complexity index is 638. The highest BCUT2D eigenvalue weighted by Gasteiger charge is 2.11. The van der Waals surface area contributed by atoms with Gasteiger partial charge in [-0.15, -0.1) is 11.3 Å². The lowest BCUT2D eigenvalue weighted by molar-refractivity contribution is 0.341. The van der Waals surface area contributed by atoms with Gasteiger partial charge in [-0.2, -0.15) is 0 Å². The Kier molecular flexibility index (Phi) is 5.62.